The third-order valence-corrected chi connectivity index (χ3v) is 3.11. The number of rotatable bonds is 8. The Morgan fingerprint density at radius 1 is 1.29 bits per heavy atom. The first-order valence-electron chi connectivity index (χ1n) is 6.12. The number of nitrogens with one attached hydrogen (secondary N) is 1. The van der Waals surface area contributed by atoms with Crippen molar-refractivity contribution in [1.82, 2.24) is 9.97 Å². The van der Waals surface area contributed by atoms with E-state index in [1.54, 1.807) is 11.8 Å². The van der Waals surface area contributed by atoms with Gasteiger partial charge in [0.05, 0.1) is 0 Å². The number of anilines is 1. The Kier molecular flexibility index (Phi) is 6.96. The van der Waals surface area contributed by atoms with Gasteiger partial charge in [0.2, 0.25) is 0 Å². The molecule has 0 aliphatic rings. The molecule has 0 radical (unpaired) electrons. The van der Waals surface area contributed by atoms with Gasteiger partial charge in [0.25, 0.3) is 0 Å². The summed E-state index contributed by atoms with van der Waals surface area (Å²) in [5.74, 6) is 2.72. The number of aromatic nitrogens is 2. The average Bonchev–Trinajstić information content (AvgIpc) is 2.34. The van der Waals surface area contributed by atoms with Gasteiger partial charge in [-0.2, -0.15) is 0 Å². The van der Waals surface area contributed by atoms with Crippen LogP contribution in [-0.4, -0.2) is 28.9 Å². The Balaban J connectivity index is 2.76. The summed E-state index contributed by atoms with van der Waals surface area (Å²) in [4.78, 5) is 8.89. The summed E-state index contributed by atoms with van der Waals surface area (Å²) in [6.07, 6.45) is 1.14. The Morgan fingerprint density at radius 3 is 2.76 bits per heavy atom. The molecule has 1 N–H and O–H groups in total. The monoisotopic (exact) mass is 255 g/mol. The summed E-state index contributed by atoms with van der Waals surface area (Å²) >= 11 is 1.76. The SMILES string of the molecule is CCCSc1cc(NCC)nc(COCC)n1. The number of thioether (sulfide) groups is 1. The molecule has 5 heteroatoms. The normalized spacial score (nSPS) is 10.5. The van der Waals surface area contributed by atoms with Crippen molar-refractivity contribution < 1.29 is 4.74 Å². The molecule has 1 aromatic rings. The van der Waals surface area contributed by atoms with Crippen LogP contribution in [-0.2, 0) is 11.3 Å². The predicted octanol–water partition coefficient (Wildman–Crippen LogP) is 2.95. The Hall–Kier alpha value is -0.810. The van der Waals surface area contributed by atoms with Gasteiger partial charge in [-0.25, -0.2) is 9.97 Å². The highest BCUT2D eigenvalue weighted by molar-refractivity contribution is 7.99. The van der Waals surface area contributed by atoms with Crippen LogP contribution < -0.4 is 5.32 Å². The van der Waals surface area contributed by atoms with Crippen LogP contribution in [0, 0.1) is 0 Å². The van der Waals surface area contributed by atoms with Gasteiger partial charge in [-0.1, -0.05) is 6.92 Å². The van der Waals surface area contributed by atoms with Crippen LogP contribution in [0.1, 0.15) is 33.0 Å². The molecule has 0 fully saturated rings. The van der Waals surface area contributed by atoms with E-state index in [-0.39, 0.29) is 0 Å². The summed E-state index contributed by atoms with van der Waals surface area (Å²) in [6, 6.07) is 2.00. The number of nitrogens with zero attached hydrogens (tertiary/aromatic N) is 2. The Bertz CT molecular complexity index is 307. The van der Waals surface area contributed by atoms with E-state index in [2.05, 4.69) is 29.1 Å². The average molecular weight is 255 g/mol. The zero-order valence-electron chi connectivity index (χ0n) is 10.8. The number of hydrogen-bond acceptors (Lipinski definition) is 5. The maximum atomic E-state index is 5.35. The molecule has 0 aliphatic carbocycles. The second kappa shape index (κ2) is 8.31. The lowest BCUT2D eigenvalue weighted by Crippen LogP contribution is -2.06. The van der Waals surface area contributed by atoms with Crippen molar-refractivity contribution in [2.75, 3.05) is 24.2 Å². The first-order valence-corrected chi connectivity index (χ1v) is 7.11. The topological polar surface area (TPSA) is 47.0 Å². The largest absolute Gasteiger partial charge is 0.374 e. The summed E-state index contributed by atoms with van der Waals surface area (Å²) in [5.41, 5.74) is 0. The molecule has 0 amide bonds. The highest BCUT2D eigenvalue weighted by Crippen LogP contribution is 2.19. The van der Waals surface area contributed by atoms with Gasteiger partial charge in [-0.05, 0) is 26.0 Å². The van der Waals surface area contributed by atoms with Crippen LogP contribution in [0.2, 0.25) is 0 Å². The van der Waals surface area contributed by atoms with Crippen molar-refractivity contribution in [3.8, 4) is 0 Å². The molecule has 1 heterocycles. The third kappa shape index (κ3) is 5.37. The molecule has 1 aromatic heterocycles. The summed E-state index contributed by atoms with van der Waals surface area (Å²) in [5, 5.41) is 4.24. The maximum Gasteiger partial charge on any atom is 0.157 e. The molecular weight excluding hydrogens is 234 g/mol. The quantitative estimate of drug-likeness (QED) is 0.571. The minimum absolute atomic E-state index is 0.482. The Morgan fingerprint density at radius 2 is 2.12 bits per heavy atom. The highest BCUT2D eigenvalue weighted by Gasteiger charge is 2.04. The van der Waals surface area contributed by atoms with Crippen LogP contribution in [0.3, 0.4) is 0 Å². The van der Waals surface area contributed by atoms with Crippen molar-refractivity contribution in [2.45, 2.75) is 38.8 Å². The van der Waals surface area contributed by atoms with Gasteiger partial charge in [-0.15, -0.1) is 11.8 Å². The summed E-state index contributed by atoms with van der Waals surface area (Å²) < 4.78 is 5.35. The molecule has 0 atom stereocenters. The fourth-order valence-electron chi connectivity index (χ4n) is 1.28. The molecule has 96 valence electrons. The fraction of sp³-hybridized carbons (Fsp3) is 0.667. The molecule has 0 aliphatic heterocycles. The van der Waals surface area contributed by atoms with Crippen LogP contribution in [0.25, 0.3) is 0 Å². The van der Waals surface area contributed by atoms with Crippen molar-refractivity contribution >= 4 is 17.6 Å². The maximum absolute atomic E-state index is 5.35. The van der Waals surface area contributed by atoms with Crippen LogP contribution in [0.5, 0.6) is 0 Å². The van der Waals surface area contributed by atoms with E-state index in [0.717, 1.165) is 35.4 Å². The molecule has 0 saturated carbocycles. The van der Waals surface area contributed by atoms with Crippen LogP contribution >= 0.6 is 11.8 Å². The zero-order valence-corrected chi connectivity index (χ0v) is 11.6. The lowest BCUT2D eigenvalue weighted by Gasteiger charge is -2.08. The highest BCUT2D eigenvalue weighted by atomic mass is 32.2. The molecular formula is C12H21N3OS. The Labute approximate surface area is 108 Å². The van der Waals surface area contributed by atoms with E-state index in [4.69, 9.17) is 4.74 Å². The molecule has 1 rings (SSSR count). The zero-order chi connectivity index (χ0) is 12.5. The first-order chi connectivity index (χ1) is 8.30. The van der Waals surface area contributed by atoms with Gasteiger partial charge in [-0.3, -0.25) is 0 Å². The van der Waals surface area contributed by atoms with Crippen molar-refractivity contribution in [3.63, 3.8) is 0 Å². The second-order valence-corrected chi connectivity index (χ2v) is 4.64. The van der Waals surface area contributed by atoms with Gasteiger partial charge >= 0.3 is 0 Å². The van der Waals surface area contributed by atoms with Crippen molar-refractivity contribution in [3.05, 3.63) is 11.9 Å². The molecule has 0 saturated heterocycles. The standard InChI is InChI=1S/C12H21N3OS/c1-4-7-17-12-8-10(13-5-2)14-11(15-12)9-16-6-3/h8H,4-7,9H2,1-3H3,(H,13,14,15). The second-order valence-electron chi connectivity index (χ2n) is 3.52. The molecule has 4 nitrogen and oxygen atoms in total. The van der Waals surface area contributed by atoms with Crippen LogP contribution in [0.15, 0.2) is 11.1 Å². The number of ether oxygens (including phenoxy) is 1. The van der Waals surface area contributed by atoms with Crippen molar-refractivity contribution in [2.24, 2.45) is 0 Å². The minimum atomic E-state index is 0.482. The van der Waals surface area contributed by atoms with Gasteiger partial charge < -0.3 is 10.1 Å². The molecule has 0 unspecified atom stereocenters. The lowest BCUT2D eigenvalue weighted by molar-refractivity contribution is 0.128. The smallest absolute Gasteiger partial charge is 0.157 e. The summed E-state index contributed by atoms with van der Waals surface area (Å²) in [7, 11) is 0. The molecule has 0 spiro atoms. The van der Waals surface area contributed by atoms with Crippen LogP contribution in [0.4, 0.5) is 5.82 Å². The predicted molar refractivity (Wildman–Crippen MR) is 72.5 cm³/mol. The fourth-order valence-corrected chi connectivity index (χ4v) is 2.06. The van der Waals surface area contributed by atoms with E-state index in [1.807, 2.05) is 13.0 Å². The minimum Gasteiger partial charge on any atom is -0.374 e. The lowest BCUT2D eigenvalue weighted by atomic mass is 10.5. The van der Waals surface area contributed by atoms with Gasteiger partial charge in [0.15, 0.2) is 5.82 Å². The van der Waals surface area contributed by atoms with Gasteiger partial charge in [0.1, 0.15) is 17.5 Å². The molecule has 17 heavy (non-hydrogen) atoms. The summed E-state index contributed by atoms with van der Waals surface area (Å²) in [6.45, 7) is 8.23. The van der Waals surface area contributed by atoms with Crippen molar-refractivity contribution in [1.29, 1.82) is 0 Å². The van der Waals surface area contributed by atoms with E-state index >= 15 is 0 Å². The third-order valence-electron chi connectivity index (χ3n) is 2.00. The van der Waals surface area contributed by atoms with E-state index in [0.29, 0.717) is 13.2 Å². The van der Waals surface area contributed by atoms with E-state index in [1.165, 1.54) is 0 Å². The molecule has 0 aromatic carbocycles. The number of hydrogen-bond donors (Lipinski definition) is 1. The van der Waals surface area contributed by atoms with Gasteiger partial charge in [0, 0.05) is 19.2 Å². The first kappa shape index (κ1) is 14.3. The van der Waals surface area contributed by atoms with E-state index < -0.39 is 0 Å². The van der Waals surface area contributed by atoms with E-state index in [9.17, 15) is 0 Å². The molecule has 0 bridgehead atoms.